The molecule has 0 radical (unpaired) electrons. The molecule has 4 nitrogen and oxygen atoms in total. The number of rotatable bonds is 2. The summed E-state index contributed by atoms with van der Waals surface area (Å²) in [6.45, 7) is 2.39. The van der Waals surface area contributed by atoms with Gasteiger partial charge in [0.05, 0.1) is 16.8 Å². The zero-order valence-corrected chi connectivity index (χ0v) is 14.3. The maximum absolute atomic E-state index is 12.6. The fourth-order valence-corrected chi connectivity index (χ4v) is 3.87. The lowest BCUT2D eigenvalue weighted by molar-refractivity contribution is 0.0973. The molecule has 0 spiro atoms. The van der Waals surface area contributed by atoms with Crippen molar-refractivity contribution in [3.8, 4) is 12.3 Å². The van der Waals surface area contributed by atoms with E-state index in [-0.39, 0.29) is 5.76 Å². The van der Waals surface area contributed by atoms with Gasteiger partial charge in [-0.05, 0) is 36.8 Å². The Kier molecular flexibility index (Phi) is 3.75. The molecule has 0 aliphatic carbocycles. The van der Waals surface area contributed by atoms with Crippen LogP contribution in [0.3, 0.4) is 0 Å². The quantitative estimate of drug-likeness (QED) is 0.512. The van der Waals surface area contributed by atoms with Gasteiger partial charge in [0, 0.05) is 5.39 Å². The molecule has 122 valence electrons. The molecule has 25 heavy (non-hydrogen) atoms. The number of thiazole rings is 1. The Morgan fingerprint density at radius 3 is 2.92 bits per heavy atom. The Labute approximate surface area is 148 Å². The Morgan fingerprint density at radius 1 is 1.28 bits per heavy atom. The lowest BCUT2D eigenvalue weighted by Gasteiger charge is -1.99. The molecule has 0 aliphatic rings. The second kappa shape index (κ2) is 6.08. The highest BCUT2D eigenvalue weighted by atomic mass is 32.1. The van der Waals surface area contributed by atoms with E-state index in [1.54, 1.807) is 6.07 Å². The molecule has 0 saturated heterocycles. The Bertz CT molecular complexity index is 1180. The summed E-state index contributed by atoms with van der Waals surface area (Å²) >= 11 is 1.45. The standard InChI is InChI=1S/C20H14N2O2S/c1-3-10-22-15-9-8-13(2)11-18(15)25-20(22)21-19(23)17-12-14-6-4-5-7-16(14)24-17/h1,4-9,11-12H,10H2,2H3. The van der Waals surface area contributed by atoms with Crippen LogP contribution in [0.25, 0.3) is 21.2 Å². The van der Waals surface area contributed by atoms with E-state index in [1.165, 1.54) is 11.3 Å². The van der Waals surface area contributed by atoms with E-state index >= 15 is 0 Å². The number of furan rings is 1. The molecule has 0 fully saturated rings. The van der Waals surface area contributed by atoms with Crippen LogP contribution in [0.2, 0.25) is 0 Å². The summed E-state index contributed by atoms with van der Waals surface area (Å²) in [7, 11) is 0. The van der Waals surface area contributed by atoms with Crippen LogP contribution in [0.5, 0.6) is 0 Å². The minimum absolute atomic E-state index is 0.224. The van der Waals surface area contributed by atoms with Gasteiger partial charge in [-0.3, -0.25) is 4.79 Å². The predicted molar refractivity (Wildman–Crippen MR) is 99.5 cm³/mol. The molecule has 1 amide bonds. The van der Waals surface area contributed by atoms with Gasteiger partial charge in [-0.1, -0.05) is 41.5 Å². The molecule has 0 atom stereocenters. The van der Waals surface area contributed by atoms with Crippen LogP contribution in [0, 0.1) is 19.3 Å². The third-order valence-corrected chi connectivity index (χ3v) is 4.96. The largest absolute Gasteiger partial charge is 0.451 e. The SMILES string of the molecule is C#CCn1c(=NC(=O)c2cc3ccccc3o2)sc2cc(C)ccc21. The van der Waals surface area contributed by atoms with E-state index in [4.69, 9.17) is 10.8 Å². The molecule has 0 saturated carbocycles. The number of fused-ring (bicyclic) bond motifs is 2. The second-order valence-corrected chi connectivity index (χ2v) is 6.72. The van der Waals surface area contributed by atoms with Crippen molar-refractivity contribution in [3.05, 3.63) is 64.7 Å². The number of aromatic nitrogens is 1. The highest BCUT2D eigenvalue weighted by Crippen LogP contribution is 2.21. The number of carbonyl (C=O) groups excluding carboxylic acids is 1. The van der Waals surface area contributed by atoms with E-state index < -0.39 is 5.91 Å². The van der Waals surface area contributed by atoms with Crippen LogP contribution < -0.4 is 4.80 Å². The Hall–Kier alpha value is -3.10. The summed E-state index contributed by atoms with van der Waals surface area (Å²) < 4.78 is 8.53. The second-order valence-electron chi connectivity index (χ2n) is 5.71. The lowest BCUT2D eigenvalue weighted by Crippen LogP contribution is -2.16. The third kappa shape index (κ3) is 2.77. The lowest BCUT2D eigenvalue weighted by atomic mass is 10.2. The van der Waals surface area contributed by atoms with Gasteiger partial charge in [-0.15, -0.1) is 6.42 Å². The van der Waals surface area contributed by atoms with E-state index in [9.17, 15) is 4.79 Å². The maximum Gasteiger partial charge on any atom is 0.315 e. The van der Waals surface area contributed by atoms with Crippen LogP contribution in [-0.2, 0) is 6.54 Å². The number of carbonyl (C=O) groups is 1. The molecule has 0 bridgehead atoms. The zero-order valence-electron chi connectivity index (χ0n) is 13.5. The number of aryl methyl sites for hydroxylation is 1. The fraction of sp³-hybridized carbons (Fsp3) is 0.100. The number of amides is 1. The molecular formula is C20H14N2O2S. The van der Waals surface area contributed by atoms with Crippen molar-refractivity contribution in [2.24, 2.45) is 4.99 Å². The van der Waals surface area contributed by atoms with Crippen molar-refractivity contribution in [3.63, 3.8) is 0 Å². The van der Waals surface area contributed by atoms with Crippen molar-refractivity contribution in [2.45, 2.75) is 13.5 Å². The molecule has 4 aromatic rings. The van der Waals surface area contributed by atoms with Gasteiger partial charge < -0.3 is 8.98 Å². The Morgan fingerprint density at radius 2 is 2.12 bits per heavy atom. The van der Waals surface area contributed by atoms with Gasteiger partial charge in [-0.2, -0.15) is 4.99 Å². The molecule has 2 heterocycles. The number of para-hydroxylation sites is 1. The minimum Gasteiger partial charge on any atom is -0.451 e. The van der Waals surface area contributed by atoms with Crippen molar-refractivity contribution in [1.29, 1.82) is 0 Å². The topological polar surface area (TPSA) is 47.5 Å². The summed E-state index contributed by atoms with van der Waals surface area (Å²) in [5.41, 5.74) is 2.80. The van der Waals surface area contributed by atoms with Gasteiger partial charge in [0.1, 0.15) is 5.58 Å². The van der Waals surface area contributed by atoms with Crippen LogP contribution >= 0.6 is 11.3 Å². The van der Waals surface area contributed by atoms with E-state index in [0.29, 0.717) is 16.9 Å². The monoisotopic (exact) mass is 346 g/mol. The number of terminal acetylenes is 1. The van der Waals surface area contributed by atoms with Crippen molar-refractivity contribution in [1.82, 2.24) is 4.57 Å². The normalized spacial score (nSPS) is 11.9. The molecule has 4 rings (SSSR count). The number of hydrogen-bond acceptors (Lipinski definition) is 3. The van der Waals surface area contributed by atoms with Gasteiger partial charge in [-0.25, -0.2) is 0 Å². The van der Waals surface area contributed by atoms with Crippen LogP contribution in [-0.4, -0.2) is 10.5 Å². The average Bonchev–Trinajstić information content (AvgIpc) is 3.17. The van der Waals surface area contributed by atoms with Gasteiger partial charge in [0.25, 0.3) is 0 Å². The van der Waals surface area contributed by atoms with Crippen LogP contribution in [0.4, 0.5) is 0 Å². The van der Waals surface area contributed by atoms with Crippen LogP contribution in [0.1, 0.15) is 16.1 Å². The van der Waals surface area contributed by atoms with E-state index in [1.807, 2.05) is 47.9 Å². The first kappa shape index (κ1) is 15.4. The highest BCUT2D eigenvalue weighted by Gasteiger charge is 2.13. The molecule has 5 heteroatoms. The minimum atomic E-state index is -0.412. The molecule has 2 aromatic carbocycles. The van der Waals surface area contributed by atoms with Gasteiger partial charge in [0.15, 0.2) is 10.6 Å². The van der Waals surface area contributed by atoms with Crippen molar-refractivity contribution < 1.29 is 9.21 Å². The molecule has 0 unspecified atom stereocenters. The molecule has 0 N–H and O–H groups in total. The Balaban J connectivity index is 1.86. The fourth-order valence-electron chi connectivity index (χ4n) is 2.74. The van der Waals surface area contributed by atoms with Crippen LogP contribution in [0.15, 0.2) is 57.9 Å². The summed E-state index contributed by atoms with van der Waals surface area (Å²) in [4.78, 5) is 17.4. The van der Waals surface area contributed by atoms with E-state index in [0.717, 1.165) is 21.2 Å². The smallest absolute Gasteiger partial charge is 0.315 e. The summed E-state index contributed by atoms with van der Waals surface area (Å²) in [5.74, 6) is 2.44. The third-order valence-electron chi connectivity index (χ3n) is 3.92. The summed E-state index contributed by atoms with van der Waals surface area (Å²) in [6.07, 6.45) is 5.49. The van der Waals surface area contributed by atoms with Crippen molar-refractivity contribution >= 4 is 38.4 Å². The number of hydrogen-bond donors (Lipinski definition) is 0. The zero-order chi connectivity index (χ0) is 17.4. The molecule has 2 aromatic heterocycles. The highest BCUT2D eigenvalue weighted by molar-refractivity contribution is 7.16. The molecular weight excluding hydrogens is 332 g/mol. The van der Waals surface area contributed by atoms with Crippen molar-refractivity contribution in [2.75, 3.05) is 0 Å². The average molecular weight is 346 g/mol. The van der Waals surface area contributed by atoms with Gasteiger partial charge in [0.2, 0.25) is 0 Å². The summed E-state index contributed by atoms with van der Waals surface area (Å²) in [5, 5.41) is 0.879. The predicted octanol–water partition coefficient (Wildman–Crippen LogP) is 4.13. The summed E-state index contributed by atoms with van der Waals surface area (Å²) in [6, 6.07) is 15.3. The first-order valence-corrected chi connectivity index (χ1v) is 8.58. The van der Waals surface area contributed by atoms with E-state index in [2.05, 4.69) is 17.0 Å². The maximum atomic E-state index is 12.6. The first-order valence-electron chi connectivity index (χ1n) is 7.77. The number of nitrogens with zero attached hydrogens (tertiary/aromatic N) is 2. The van der Waals surface area contributed by atoms with Gasteiger partial charge >= 0.3 is 5.91 Å². The number of benzene rings is 2. The molecule has 0 aliphatic heterocycles. The first-order chi connectivity index (χ1) is 12.2.